The number of aliphatic carboxylic acids is 1. The number of carboxylic acids is 1. The molecule has 6 heteroatoms. The molecule has 1 unspecified atom stereocenters. The van der Waals surface area contributed by atoms with E-state index in [1.54, 1.807) is 0 Å². The molecule has 0 aliphatic carbocycles. The molecule has 19 heavy (non-hydrogen) atoms. The number of carbonyl (C=O) groups excluding carboxylic acids is 1. The molecule has 0 aromatic heterocycles. The molecule has 0 spiro atoms. The summed E-state index contributed by atoms with van der Waals surface area (Å²) in [7, 11) is 0. The SMILES string of the molecule is O=C(O)C1CN(C(=O)NCc2ccccc2)CCN1. The summed E-state index contributed by atoms with van der Waals surface area (Å²) >= 11 is 0. The topological polar surface area (TPSA) is 81.7 Å². The number of nitrogens with zero attached hydrogens (tertiary/aromatic N) is 1. The van der Waals surface area contributed by atoms with Gasteiger partial charge in [0, 0.05) is 26.2 Å². The van der Waals surface area contributed by atoms with Crippen molar-refractivity contribution in [2.45, 2.75) is 12.6 Å². The van der Waals surface area contributed by atoms with Crippen LogP contribution in [0.4, 0.5) is 4.79 Å². The summed E-state index contributed by atoms with van der Waals surface area (Å²) < 4.78 is 0. The van der Waals surface area contributed by atoms with Crippen molar-refractivity contribution < 1.29 is 14.7 Å². The highest BCUT2D eigenvalue weighted by Crippen LogP contribution is 2.02. The van der Waals surface area contributed by atoms with Crippen molar-refractivity contribution in [2.75, 3.05) is 19.6 Å². The Hall–Kier alpha value is -2.08. The molecule has 0 bridgehead atoms. The van der Waals surface area contributed by atoms with Crippen molar-refractivity contribution in [3.05, 3.63) is 35.9 Å². The second-order valence-corrected chi connectivity index (χ2v) is 4.44. The van der Waals surface area contributed by atoms with E-state index in [9.17, 15) is 9.59 Å². The highest BCUT2D eigenvalue weighted by molar-refractivity contribution is 5.78. The Morgan fingerprint density at radius 3 is 2.79 bits per heavy atom. The first-order valence-electron chi connectivity index (χ1n) is 6.19. The van der Waals surface area contributed by atoms with Gasteiger partial charge in [0.15, 0.2) is 0 Å². The van der Waals surface area contributed by atoms with Crippen LogP contribution in [0, 0.1) is 0 Å². The average Bonchev–Trinajstić information content (AvgIpc) is 2.46. The maximum Gasteiger partial charge on any atom is 0.322 e. The Balaban J connectivity index is 1.84. The van der Waals surface area contributed by atoms with Crippen LogP contribution in [-0.2, 0) is 11.3 Å². The molecule has 1 aliphatic heterocycles. The van der Waals surface area contributed by atoms with Crippen molar-refractivity contribution in [2.24, 2.45) is 0 Å². The molecule has 1 saturated heterocycles. The number of amides is 2. The Bertz CT molecular complexity index is 450. The Labute approximate surface area is 111 Å². The van der Waals surface area contributed by atoms with Crippen LogP contribution >= 0.6 is 0 Å². The van der Waals surface area contributed by atoms with Gasteiger partial charge in [-0.3, -0.25) is 4.79 Å². The normalized spacial score (nSPS) is 18.9. The quantitative estimate of drug-likeness (QED) is 0.730. The van der Waals surface area contributed by atoms with Gasteiger partial charge in [-0.25, -0.2) is 4.79 Å². The summed E-state index contributed by atoms with van der Waals surface area (Å²) in [4.78, 5) is 24.3. The molecule has 3 N–H and O–H groups in total. The van der Waals surface area contributed by atoms with Gasteiger partial charge in [0.2, 0.25) is 0 Å². The monoisotopic (exact) mass is 263 g/mol. The smallest absolute Gasteiger partial charge is 0.322 e. The highest BCUT2D eigenvalue weighted by Gasteiger charge is 2.27. The third kappa shape index (κ3) is 3.69. The molecular weight excluding hydrogens is 246 g/mol. The minimum Gasteiger partial charge on any atom is -0.480 e. The largest absolute Gasteiger partial charge is 0.480 e. The molecule has 1 fully saturated rings. The zero-order valence-corrected chi connectivity index (χ0v) is 10.5. The number of rotatable bonds is 3. The predicted molar refractivity (Wildman–Crippen MR) is 69.7 cm³/mol. The van der Waals surface area contributed by atoms with E-state index in [-0.39, 0.29) is 12.6 Å². The van der Waals surface area contributed by atoms with Gasteiger partial charge >= 0.3 is 12.0 Å². The second kappa shape index (κ2) is 6.19. The first kappa shape index (κ1) is 13.4. The lowest BCUT2D eigenvalue weighted by molar-refractivity contribution is -0.140. The summed E-state index contributed by atoms with van der Waals surface area (Å²) in [5, 5.41) is 14.6. The second-order valence-electron chi connectivity index (χ2n) is 4.44. The van der Waals surface area contributed by atoms with Crippen molar-refractivity contribution in [3.63, 3.8) is 0 Å². The average molecular weight is 263 g/mol. The Kier molecular flexibility index (Phi) is 4.35. The summed E-state index contributed by atoms with van der Waals surface area (Å²) in [5.41, 5.74) is 1.01. The van der Waals surface area contributed by atoms with Crippen LogP contribution in [0.1, 0.15) is 5.56 Å². The number of urea groups is 1. The van der Waals surface area contributed by atoms with Crippen LogP contribution in [0.15, 0.2) is 30.3 Å². The summed E-state index contributed by atoms with van der Waals surface area (Å²) in [6.07, 6.45) is 0. The van der Waals surface area contributed by atoms with Gasteiger partial charge in [0.05, 0.1) is 0 Å². The van der Waals surface area contributed by atoms with E-state index in [2.05, 4.69) is 10.6 Å². The van der Waals surface area contributed by atoms with E-state index < -0.39 is 12.0 Å². The van der Waals surface area contributed by atoms with Crippen LogP contribution in [0.25, 0.3) is 0 Å². The summed E-state index contributed by atoms with van der Waals surface area (Å²) in [5.74, 6) is -0.930. The zero-order valence-electron chi connectivity index (χ0n) is 10.5. The summed E-state index contributed by atoms with van der Waals surface area (Å²) in [6.45, 7) is 1.65. The lowest BCUT2D eigenvalue weighted by Crippen LogP contribution is -2.57. The lowest BCUT2D eigenvalue weighted by Gasteiger charge is -2.31. The molecule has 0 radical (unpaired) electrons. The molecule has 102 valence electrons. The van der Waals surface area contributed by atoms with E-state index in [1.807, 2.05) is 30.3 Å². The van der Waals surface area contributed by atoms with Crippen molar-refractivity contribution in [3.8, 4) is 0 Å². The van der Waals surface area contributed by atoms with Gasteiger partial charge < -0.3 is 20.6 Å². The van der Waals surface area contributed by atoms with E-state index in [1.165, 1.54) is 4.90 Å². The summed E-state index contributed by atoms with van der Waals surface area (Å²) in [6, 6.07) is 8.68. The van der Waals surface area contributed by atoms with Crippen molar-refractivity contribution in [1.82, 2.24) is 15.5 Å². The van der Waals surface area contributed by atoms with Crippen LogP contribution < -0.4 is 10.6 Å². The number of benzene rings is 1. The van der Waals surface area contributed by atoms with Crippen LogP contribution in [-0.4, -0.2) is 47.7 Å². The molecule has 0 saturated carbocycles. The van der Waals surface area contributed by atoms with Crippen LogP contribution in [0.3, 0.4) is 0 Å². The van der Waals surface area contributed by atoms with Gasteiger partial charge in [0.25, 0.3) is 0 Å². The van der Waals surface area contributed by atoms with E-state index >= 15 is 0 Å². The third-order valence-corrected chi connectivity index (χ3v) is 3.05. The highest BCUT2D eigenvalue weighted by atomic mass is 16.4. The number of carbonyl (C=O) groups is 2. The number of hydrogen-bond donors (Lipinski definition) is 3. The molecule has 1 heterocycles. The van der Waals surface area contributed by atoms with Gasteiger partial charge in [-0.1, -0.05) is 30.3 Å². The lowest BCUT2D eigenvalue weighted by atomic mass is 10.2. The fourth-order valence-electron chi connectivity index (χ4n) is 1.99. The third-order valence-electron chi connectivity index (χ3n) is 3.05. The predicted octanol–water partition coefficient (Wildman–Crippen LogP) is 0.255. The number of nitrogens with one attached hydrogen (secondary N) is 2. The first-order valence-corrected chi connectivity index (χ1v) is 6.19. The molecule has 2 amide bonds. The molecule has 1 aliphatic rings. The Morgan fingerprint density at radius 2 is 2.11 bits per heavy atom. The van der Waals surface area contributed by atoms with Gasteiger partial charge in [-0.2, -0.15) is 0 Å². The maximum atomic E-state index is 11.9. The van der Waals surface area contributed by atoms with Crippen molar-refractivity contribution in [1.29, 1.82) is 0 Å². The maximum absolute atomic E-state index is 11.9. The van der Waals surface area contributed by atoms with Gasteiger partial charge in [0.1, 0.15) is 6.04 Å². The molecule has 1 aromatic carbocycles. The molecule has 6 nitrogen and oxygen atoms in total. The molecule has 2 rings (SSSR count). The van der Waals surface area contributed by atoms with E-state index in [0.29, 0.717) is 19.6 Å². The minimum atomic E-state index is -0.930. The molecule has 1 aromatic rings. The number of piperazine rings is 1. The molecule has 1 atom stereocenters. The fraction of sp³-hybridized carbons (Fsp3) is 0.385. The van der Waals surface area contributed by atoms with Gasteiger partial charge in [-0.05, 0) is 5.56 Å². The number of hydrogen-bond acceptors (Lipinski definition) is 3. The molecular formula is C13H17N3O3. The minimum absolute atomic E-state index is 0.190. The number of carboxylic acid groups (broad SMARTS) is 1. The van der Waals surface area contributed by atoms with Crippen LogP contribution in [0.5, 0.6) is 0 Å². The van der Waals surface area contributed by atoms with E-state index in [0.717, 1.165) is 5.56 Å². The Morgan fingerprint density at radius 1 is 1.37 bits per heavy atom. The zero-order chi connectivity index (χ0) is 13.7. The standard InChI is InChI=1S/C13H17N3O3/c17-12(18)11-9-16(7-6-14-11)13(19)15-8-10-4-2-1-3-5-10/h1-5,11,14H,6-9H2,(H,15,19)(H,17,18). The fourth-order valence-corrected chi connectivity index (χ4v) is 1.99. The van der Waals surface area contributed by atoms with Crippen molar-refractivity contribution >= 4 is 12.0 Å². The van der Waals surface area contributed by atoms with Gasteiger partial charge in [-0.15, -0.1) is 0 Å². The first-order chi connectivity index (χ1) is 9.16. The van der Waals surface area contributed by atoms with E-state index in [4.69, 9.17) is 5.11 Å². The van der Waals surface area contributed by atoms with Crippen LogP contribution in [0.2, 0.25) is 0 Å².